The van der Waals surface area contributed by atoms with Crippen LogP contribution in [0.1, 0.15) is 0 Å². The quantitative estimate of drug-likeness (QED) is 0.577. The van der Waals surface area contributed by atoms with Gasteiger partial charge in [0.1, 0.15) is 0 Å². The Bertz CT molecular complexity index is 52.0. The predicted molar refractivity (Wildman–Crippen MR) is 33.5 cm³/mol. The van der Waals surface area contributed by atoms with Gasteiger partial charge in [0.05, 0.1) is 18.1 Å². The van der Waals surface area contributed by atoms with Crippen molar-refractivity contribution in [2.45, 2.75) is 11.5 Å². The molecular formula is C4H8Cl2O2. The number of halogens is 2. The Morgan fingerprint density at radius 2 is 2.00 bits per heavy atom. The summed E-state index contributed by atoms with van der Waals surface area (Å²) in [5.74, 6) is 0.156. The van der Waals surface area contributed by atoms with Gasteiger partial charge in [-0.15, -0.1) is 23.2 Å². The van der Waals surface area contributed by atoms with Crippen molar-refractivity contribution < 1.29 is 10.2 Å². The largest absolute Gasteiger partial charge is 0.394 e. The Balaban J connectivity index is 3.29. The zero-order valence-electron chi connectivity index (χ0n) is 4.22. The number of hydrogen-bond acceptors (Lipinski definition) is 2. The van der Waals surface area contributed by atoms with Crippen LogP contribution in [0.3, 0.4) is 0 Å². The van der Waals surface area contributed by atoms with Gasteiger partial charge in [-0.25, -0.2) is 0 Å². The van der Waals surface area contributed by atoms with E-state index < -0.39 is 11.5 Å². The third-order valence-electron chi connectivity index (χ3n) is 0.752. The Labute approximate surface area is 58.0 Å². The van der Waals surface area contributed by atoms with Gasteiger partial charge >= 0.3 is 0 Å². The molecule has 0 saturated carbocycles. The summed E-state index contributed by atoms with van der Waals surface area (Å²) in [6.45, 7) is -0.332. The molecule has 2 nitrogen and oxygen atoms in total. The molecule has 0 aromatic carbocycles. The van der Waals surface area contributed by atoms with Gasteiger partial charge in [0.2, 0.25) is 0 Å². The maximum absolute atomic E-state index is 8.66. The molecule has 0 aromatic heterocycles. The number of aliphatic hydroxyl groups is 2. The summed E-state index contributed by atoms with van der Waals surface area (Å²) >= 11 is 10.6. The lowest BCUT2D eigenvalue weighted by Gasteiger charge is -2.09. The van der Waals surface area contributed by atoms with Gasteiger partial charge in [-0.05, 0) is 0 Å². The average Bonchev–Trinajstić information content (AvgIpc) is 1.84. The van der Waals surface area contributed by atoms with Gasteiger partial charge in [-0.3, -0.25) is 0 Å². The second-order valence-corrected chi connectivity index (χ2v) is 2.29. The molecule has 2 atom stereocenters. The molecule has 0 amide bonds. The lowest BCUT2D eigenvalue weighted by Crippen LogP contribution is -2.25. The van der Waals surface area contributed by atoms with Crippen LogP contribution in [0.25, 0.3) is 0 Å². The van der Waals surface area contributed by atoms with Crippen molar-refractivity contribution in [1.29, 1.82) is 0 Å². The zero-order valence-corrected chi connectivity index (χ0v) is 5.73. The maximum atomic E-state index is 8.66. The summed E-state index contributed by atoms with van der Waals surface area (Å²) in [5.41, 5.74) is 0. The van der Waals surface area contributed by atoms with E-state index in [1.165, 1.54) is 0 Å². The summed E-state index contributed by atoms with van der Waals surface area (Å²) < 4.78 is 0. The van der Waals surface area contributed by atoms with Crippen LogP contribution < -0.4 is 0 Å². The minimum absolute atomic E-state index is 0.156. The molecule has 50 valence electrons. The van der Waals surface area contributed by atoms with Gasteiger partial charge < -0.3 is 10.2 Å². The summed E-state index contributed by atoms with van der Waals surface area (Å²) in [6, 6.07) is 0. The molecule has 8 heavy (non-hydrogen) atoms. The molecule has 2 N–H and O–H groups in total. The Kier molecular flexibility index (Phi) is 4.66. The van der Waals surface area contributed by atoms with E-state index in [-0.39, 0.29) is 12.5 Å². The van der Waals surface area contributed by atoms with Gasteiger partial charge in [0.15, 0.2) is 0 Å². The van der Waals surface area contributed by atoms with Crippen molar-refractivity contribution in [3.05, 3.63) is 0 Å². The highest BCUT2D eigenvalue weighted by molar-refractivity contribution is 6.28. The van der Waals surface area contributed by atoms with E-state index in [1.807, 2.05) is 0 Å². The second-order valence-electron chi connectivity index (χ2n) is 1.42. The zero-order chi connectivity index (χ0) is 6.57. The highest BCUT2D eigenvalue weighted by Gasteiger charge is 2.12. The summed E-state index contributed by atoms with van der Waals surface area (Å²) in [7, 11) is 0. The molecule has 0 rings (SSSR count). The first kappa shape index (κ1) is 8.50. The van der Waals surface area contributed by atoms with E-state index in [2.05, 4.69) is 0 Å². The summed E-state index contributed by atoms with van der Waals surface area (Å²) in [6.07, 6.45) is -0.894. The third kappa shape index (κ3) is 2.72. The van der Waals surface area contributed by atoms with E-state index in [4.69, 9.17) is 33.4 Å². The fourth-order valence-corrected chi connectivity index (χ4v) is 0.503. The molecule has 0 bridgehead atoms. The molecule has 0 fully saturated rings. The van der Waals surface area contributed by atoms with Crippen molar-refractivity contribution in [2.24, 2.45) is 0 Å². The molecule has 0 aromatic rings. The van der Waals surface area contributed by atoms with Crippen LogP contribution in [0.4, 0.5) is 0 Å². The number of alkyl halides is 2. The van der Waals surface area contributed by atoms with Gasteiger partial charge in [0.25, 0.3) is 0 Å². The van der Waals surface area contributed by atoms with Gasteiger partial charge in [-0.1, -0.05) is 0 Å². The summed E-state index contributed by atoms with van der Waals surface area (Å²) in [5, 5.41) is 16.4. The molecule has 0 aliphatic carbocycles. The van der Waals surface area contributed by atoms with E-state index in [1.54, 1.807) is 0 Å². The van der Waals surface area contributed by atoms with Gasteiger partial charge in [-0.2, -0.15) is 0 Å². The van der Waals surface area contributed by atoms with Crippen LogP contribution in [-0.4, -0.2) is 34.2 Å². The fourth-order valence-electron chi connectivity index (χ4n) is 0.217. The summed E-state index contributed by atoms with van der Waals surface area (Å²) in [4.78, 5) is 0. The first-order valence-electron chi connectivity index (χ1n) is 2.21. The molecule has 0 heterocycles. The minimum Gasteiger partial charge on any atom is -0.394 e. The van der Waals surface area contributed by atoms with Crippen molar-refractivity contribution in [1.82, 2.24) is 0 Å². The van der Waals surface area contributed by atoms with Crippen molar-refractivity contribution in [3.63, 3.8) is 0 Å². The molecule has 0 radical (unpaired) electrons. The first-order chi connectivity index (χ1) is 3.72. The number of rotatable bonds is 3. The molecule has 0 aliphatic rings. The first-order valence-corrected chi connectivity index (χ1v) is 3.18. The van der Waals surface area contributed by atoms with Crippen LogP contribution in [0, 0.1) is 0 Å². The Hall–Kier alpha value is 0.500. The molecule has 0 saturated heterocycles. The average molecular weight is 159 g/mol. The maximum Gasteiger partial charge on any atom is 0.0945 e. The highest BCUT2D eigenvalue weighted by atomic mass is 35.5. The van der Waals surface area contributed by atoms with Crippen LogP contribution in [0.2, 0.25) is 0 Å². The van der Waals surface area contributed by atoms with Crippen molar-refractivity contribution >= 4 is 23.2 Å². The van der Waals surface area contributed by atoms with Crippen LogP contribution in [-0.2, 0) is 0 Å². The van der Waals surface area contributed by atoms with Crippen LogP contribution in [0.5, 0.6) is 0 Å². The smallest absolute Gasteiger partial charge is 0.0945 e. The molecular weight excluding hydrogens is 151 g/mol. The highest BCUT2D eigenvalue weighted by Crippen LogP contribution is 2.03. The van der Waals surface area contributed by atoms with Crippen molar-refractivity contribution in [3.8, 4) is 0 Å². The Morgan fingerprint density at radius 1 is 1.50 bits per heavy atom. The monoisotopic (exact) mass is 158 g/mol. The van der Waals surface area contributed by atoms with E-state index in [9.17, 15) is 0 Å². The van der Waals surface area contributed by atoms with Crippen LogP contribution >= 0.6 is 23.2 Å². The normalized spacial score (nSPS) is 18.0. The SMILES string of the molecule is OC[C@H](O)[C@H](Cl)CCl. The van der Waals surface area contributed by atoms with Crippen molar-refractivity contribution in [2.75, 3.05) is 12.5 Å². The topological polar surface area (TPSA) is 40.5 Å². The fraction of sp³-hybridized carbons (Fsp3) is 1.00. The third-order valence-corrected chi connectivity index (χ3v) is 1.69. The molecule has 0 spiro atoms. The van der Waals surface area contributed by atoms with E-state index >= 15 is 0 Å². The van der Waals surface area contributed by atoms with E-state index in [0.717, 1.165) is 0 Å². The molecule has 4 heteroatoms. The Morgan fingerprint density at radius 3 is 2.12 bits per heavy atom. The minimum atomic E-state index is -0.894. The van der Waals surface area contributed by atoms with Crippen LogP contribution in [0.15, 0.2) is 0 Å². The lowest BCUT2D eigenvalue weighted by molar-refractivity contribution is 0.0956. The van der Waals surface area contributed by atoms with Gasteiger partial charge in [0, 0.05) is 5.88 Å². The number of hydrogen-bond donors (Lipinski definition) is 2. The molecule has 0 unspecified atom stereocenters. The van der Waals surface area contributed by atoms with E-state index in [0.29, 0.717) is 0 Å². The lowest BCUT2D eigenvalue weighted by atomic mass is 10.3. The second kappa shape index (κ2) is 4.39. The molecule has 0 aliphatic heterocycles. The number of aliphatic hydroxyl groups excluding tert-OH is 2. The standard InChI is InChI=1S/C4H8Cl2O2/c5-1-3(6)4(8)2-7/h3-4,7-8H,1-2H2/t3-,4+/m1/s1. The predicted octanol–water partition coefficient (Wildman–Crippen LogP) is 0.186.